The maximum Gasteiger partial charge on any atom is 0.305 e. The van der Waals surface area contributed by atoms with Gasteiger partial charge in [0.05, 0.1) is 19.1 Å². The molecule has 0 heterocycles. The summed E-state index contributed by atoms with van der Waals surface area (Å²) in [6.45, 7) is 2.24. The number of carboxylic acids is 1. The first kappa shape index (κ1) is 18.7. The zero-order valence-electron chi connectivity index (χ0n) is 14.3. The van der Waals surface area contributed by atoms with E-state index in [1.54, 1.807) is 0 Å². The topological polar surface area (TPSA) is 75.6 Å². The zero-order chi connectivity index (χ0) is 18.1. The average molecular weight is 341 g/mol. The van der Waals surface area contributed by atoms with Crippen molar-refractivity contribution in [3.8, 4) is 0 Å². The summed E-state index contributed by atoms with van der Waals surface area (Å²) in [5.41, 5.74) is 2.90. The Bertz CT molecular complexity index is 700. The fourth-order valence-corrected chi connectivity index (χ4v) is 2.63. The van der Waals surface area contributed by atoms with Crippen LogP contribution in [0.5, 0.6) is 0 Å². The summed E-state index contributed by atoms with van der Waals surface area (Å²) in [7, 11) is 0. The van der Waals surface area contributed by atoms with Crippen LogP contribution in [0.4, 0.5) is 0 Å². The summed E-state index contributed by atoms with van der Waals surface area (Å²) in [5.74, 6) is -1.28. The Morgan fingerprint density at radius 1 is 1.08 bits per heavy atom. The van der Waals surface area contributed by atoms with E-state index in [-0.39, 0.29) is 18.9 Å². The van der Waals surface area contributed by atoms with Crippen LogP contribution in [0.3, 0.4) is 0 Å². The molecule has 2 aromatic rings. The molecule has 132 valence electrons. The normalized spacial score (nSPS) is 11.7. The van der Waals surface area contributed by atoms with Crippen LogP contribution in [0.15, 0.2) is 54.6 Å². The molecule has 0 aliphatic heterocycles. The van der Waals surface area contributed by atoms with E-state index in [0.717, 1.165) is 23.1 Å². The molecular weight excluding hydrogens is 318 g/mol. The average Bonchev–Trinajstić information content (AvgIpc) is 2.59. The molecule has 0 aromatic heterocycles. The fraction of sp³-hybridized carbons (Fsp3) is 0.300. The Morgan fingerprint density at radius 3 is 2.44 bits per heavy atom. The van der Waals surface area contributed by atoms with E-state index < -0.39 is 12.0 Å². The van der Waals surface area contributed by atoms with E-state index in [4.69, 9.17) is 9.84 Å². The number of amides is 1. The standard InChI is InChI=1S/C20H23NO4/c1-15-7-5-6-10-17(15)18(13-20(23)24)21-19(22)14-25-12-11-16-8-3-2-4-9-16/h2-10,18H,11-14H2,1H3,(H,21,22)(H,23,24). The third-order valence-corrected chi connectivity index (χ3v) is 3.89. The number of carboxylic acid groups (broad SMARTS) is 1. The minimum absolute atomic E-state index is 0.0885. The number of aryl methyl sites for hydroxylation is 1. The van der Waals surface area contributed by atoms with Crippen LogP contribution in [-0.2, 0) is 20.7 Å². The first-order chi connectivity index (χ1) is 12.1. The van der Waals surface area contributed by atoms with Gasteiger partial charge in [-0.2, -0.15) is 0 Å². The van der Waals surface area contributed by atoms with Crippen LogP contribution >= 0.6 is 0 Å². The smallest absolute Gasteiger partial charge is 0.305 e. The predicted molar refractivity (Wildman–Crippen MR) is 95.3 cm³/mol. The van der Waals surface area contributed by atoms with Crippen molar-refractivity contribution >= 4 is 11.9 Å². The second-order valence-electron chi connectivity index (χ2n) is 5.86. The first-order valence-corrected chi connectivity index (χ1v) is 8.24. The van der Waals surface area contributed by atoms with Crippen molar-refractivity contribution in [2.75, 3.05) is 13.2 Å². The van der Waals surface area contributed by atoms with E-state index in [0.29, 0.717) is 6.61 Å². The lowest BCUT2D eigenvalue weighted by Crippen LogP contribution is -2.33. The van der Waals surface area contributed by atoms with Gasteiger partial charge in [-0.15, -0.1) is 0 Å². The van der Waals surface area contributed by atoms with Gasteiger partial charge in [0.2, 0.25) is 5.91 Å². The minimum atomic E-state index is -0.960. The van der Waals surface area contributed by atoms with Crippen LogP contribution in [0.25, 0.3) is 0 Å². The van der Waals surface area contributed by atoms with Crippen molar-refractivity contribution in [3.05, 3.63) is 71.3 Å². The van der Waals surface area contributed by atoms with Crippen LogP contribution in [-0.4, -0.2) is 30.2 Å². The van der Waals surface area contributed by atoms with Crippen molar-refractivity contribution in [1.82, 2.24) is 5.32 Å². The summed E-state index contributed by atoms with van der Waals surface area (Å²) in [6, 6.07) is 16.8. The van der Waals surface area contributed by atoms with E-state index in [1.807, 2.05) is 61.5 Å². The van der Waals surface area contributed by atoms with Crippen LogP contribution in [0.2, 0.25) is 0 Å². The second kappa shape index (κ2) is 9.59. The summed E-state index contributed by atoms with van der Waals surface area (Å²) in [4.78, 5) is 23.2. The van der Waals surface area contributed by atoms with E-state index in [2.05, 4.69) is 5.32 Å². The summed E-state index contributed by atoms with van der Waals surface area (Å²) >= 11 is 0. The van der Waals surface area contributed by atoms with Crippen molar-refractivity contribution in [1.29, 1.82) is 0 Å². The summed E-state index contributed by atoms with van der Waals surface area (Å²) < 4.78 is 5.41. The van der Waals surface area contributed by atoms with Gasteiger partial charge in [0.15, 0.2) is 0 Å². The molecule has 0 spiro atoms. The Morgan fingerprint density at radius 2 is 1.76 bits per heavy atom. The van der Waals surface area contributed by atoms with Crippen LogP contribution in [0, 0.1) is 6.92 Å². The Balaban J connectivity index is 1.85. The Kier molecular flexibility index (Phi) is 7.16. The molecule has 1 amide bonds. The van der Waals surface area contributed by atoms with Gasteiger partial charge in [-0.25, -0.2) is 0 Å². The van der Waals surface area contributed by atoms with E-state index in [1.165, 1.54) is 0 Å². The third kappa shape index (κ3) is 6.39. The zero-order valence-corrected chi connectivity index (χ0v) is 14.3. The molecule has 0 saturated carbocycles. The number of carbonyl (C=O) groups excluding carboxylic acids is 1. The molecule has 2 rings (SSSR count). The molecule has 0 saturated heterocycles. The summed E-state index contributed by atoms with van der Waals surface area (Å²) in [6.07, 6.45) is 0.561. The van der Waals surface area contributed by atoms with Gasteiger partial charge < -0.3 is 15.2 Å². The molecule has 1 unspecified atom stereocenters. The van der Waals surface area contributed by atoms with E-state index >= 15 is 0 Å². The lowest BCUT2D eigenvalue weighted by molar-refractivity contribution is -0.138. The monoisotopic (exact) mass is 341 g/mol. The van der Waals surface area contributed by atoms with Gasteiger partial charge in [0.1, 0.15) is 6.61 Å². The van der Waals surface area contributed by atoms with Crippen molar-refractivity contribution in [2.45, 2.75) is 25.8 Å². The highest BCUT2D eigenvalue weighted by Crippen LogP contribution is 2.20. The molecule has 0 aliphatic rings. The lowest BCUT2D eigenvalue weighted by Gasteiger charge is -2.19. The molecule has 1 atom stereocenters. The SMILES string of the molecule is Cc1ccccc1C(CC(=O)O)NC(=O)COCCc1ccccc1. The minimum Gasteiger partial charge on any atom is -0.481 e. The molecule has 2 aromatic carbocycles. The molecule has 0 aliphatic carbocycles. The maximum atomic E-state index is 12.1. The van der Waals surface area contributed by atoms with Gasteiger partial charge in [-0.05, 0) is 30.0 Å². The second-order valence-corrected chi connectivity index (χ2v) is 5.86. The third-order valence-electron chi connectivity index (χ3n) is 3.89. The number of carbonyl (C=O) groups is 2. The molecule has 5 heteroatoms. The molecule has 0 fully saturated rings. The Hall–Kier alpha value is -2.66. The molecule has 25 heavy (non-hydrogen) atoms. The van der Waals surface area contributed by atoms with Gasteiger partial charge in [0, 0.05) is 0 Å². The quantitative estimate of drug-likeness (QED) is 0.688. The molecule has 5 nitrogen and oxygen atoms in total. The molecule has 2 N–H and O–H groups in total. The first-order valence-electron chi connectivity index (χ1n) is 8.24. The van der Waals surface area contributed by atoms with Crippen LogP contribution in [0.1, 0.15) is 29.2 Å². The lowest BCUT2D eigenvalue weighted by atomic mass is 9.99. The molecule has 0 radical (unpaired) electrons. The maximum absolute atomic E-state index is 12.1. The van der Waals surface area contributed by atoms with Crippen molar-refractivity contribution in [3.63, 3.8) is 0 Å². The summed E-state index contributed by atoms with van der Waals surface area (Å²) in [5, 5.41) is 11.9. The predicted octanol–water partition coefficient (Wildman–Crippen LogP) is 2.89. The molecular formula is C20H23NO4. The van der Waals surface area contributed by atoms with Gasteiger partial charge in [-0.1, -0.05) is 54.6 Å². The van der Waals surface area contributed by atoms with Gasteiger partial charge in [0.25, 0.3) is 0 Å². The van der Waals surface area contributed by atoms with Crippen LogP contribution < -0.4 is 5.32 Å². The fourth-order valence-electron chi connectivity index (χ4n) is 2.63. The van der Waals surface area contributed by atoms with Crippen molar-refractivity contribution in [2.24, 2.45) is 0 Å². The van der Waals surface area contributed by atoms with E-state index in [9.17, 15) is 9.59 Å². The van der Waals surface area contributed by atoms with Gasteiger partial charge >= 0.3 is 5.97 Å². The van der Waals surface area contributed by atoms with Crippen molar-refractivity contribution < 1.29 is 19.4 Å². The number of ether oxygens (including phenoxy) is 1. The number of nitrogens with one attached hydrogen (secondary N) is 1. The number of hydrogen-bond acceptors (Lipinski definition) is 3. The highest BCUT2D eigenvalue weighted by molar-refractivity contribution is 5.79. The largest absolute Gasteiger partial charge is 0.481 e. The highest BCUT2D eigenvalue weighted by atomic mass is 16.5. The highest BCUT2D eigenvalue weighted by Gasteiger charge is 2.19. The number of benzene rings is 2. The number of rotatable bonds is 9. The van der Waals surface area contributed by atoms with Gasteiger partial charge in [-0.3, -0.25) is 9.59 Å². The number of hydrogen-bond donors (Lipinski definition) is 2. The molecule has 0 bridgehead atoms. The number of aliphatic carboxylic acids is 1. The Labute approximate surface area is 147 Å².